The minimum atomic E-state index is -3.09. The first kappa shape index (κ1) is 18.2. The second kappa shape index (κ2) is 8.37. The van der Waals surface area contributed by atoms with Crippen molar-refractivity contribution in [1.29, 1.82) is 0 Å². The Morgan fingerprint density at radius 3 is 2.32 bits per heavy atom. The summed E-state index contributed by atoms with van der Waals surface area (Å²) in [4.78, 5) is 4.40. The van der Waals surface area contributed by atoms with Crippen molar-refractivity contribution in [3.05, 3.63) is 0 Å². The third-order valence-corrected chi connectivity index (χ3v) is 3.55. The smallest absolute Gasteiger partial charge is 0.211 e. The van der Waals surface area contributed by atoms with Gasteiger partial charge < -0.3 is 10.6 Å². The van der Waals surface area contributed by atoms with E-state index in [1.165, 1.54) is 0 Å². The molecule has 0 saturated carbocycles. The highest BCUT2D eigenvalue weighted by molar-refractivity contribution is 7.89. The summed E-state index contributed by atoms with van der Waals surface area (Å²) < 4.78 is 25.0. The van der Waals surface area contributed by atoms with E-state index in [9.17, 15) is 8.42 Å². The summed E-state index contributed by atoms with van der Waals surface area (Å²) in [6, 6.07) is 0. The minimum absolute atomic E-state index is 0.0508. The van der Waals surface area contributed by atoms with Crippen LogP contribution < -0.4 is 15.4 Å². The number of aliphatic imine (C=N–C) groups is 1. The molecule has 3 N–H and O–H groups in total. The molecule has 6 nitrogen and oxygen atoms in total. The molecular formula is C12H28N4O2S. The second-order valence-electron chi connectivity index (χ2n) is 5.29. The van der Waals surface area contributed by atoms with E-state index in [2.05, 4.69) is 41.1 Å². The van der Waals surface area contributed by atoms with E-state index in [0.717, 1.165) is 12.5 Å². The maximum absolute atomic E-state index is 11.2. The Morgan fingerprint density at radius 2 is 1.84 bits per heavy atom. The quantitative estimate of drug-likeness (QED) is 0.366. The molecule has 0 radical (unpaired) electrons. The van der Waals surface area contributed by atoms with Crippen LogP contribution in [-0.2, 0) is 10.0 Å². The van der Waals surface area contributed by atoms with Crippen molar-refractivity contribution in [2.24, 2.45) is 4.99 Å². The SMILES string of the molecule is CCNC(=NCCCNS(=O)(=O)CC)NC(C)(C)C. The molecule has 0 heterocycles. The molecule has 0 unspecified atom stereocenters. The number of hydrogen-bond donors (Lipinski definition) is 3. The van der Waals surface area contributed by atoms with Crippen LogP contribution in [0.5, 0.6) is 0 Å². The van der Waals surface area contributed by atoms with Crippen LogP contribution in [0.2, 0.25) is 0 Å². The molecule has 0 fully saturated rings. The van der Waals surface area contributed by atoms with Crippen LogP contribution in [0.25, 0.3) is 0 Å². The summed E-state index contributed by atoms with van der Waals surface area (Å²) in [5.41, 5.74) is -0.0508. The zero-order valence-electron chi connectivity index (χ0n) is 12.7. The minimum Gasteiger partial charge on any atom is -0.357 e. The molecule has 0 bridgehead atoms. The number of nitrogens with zero attached hydrogens (tertiary/aromatic N) is 1. The van der Waals surface area contributed by atoms with E-state index in [0.29, 0.717) is 19.5 Å². The lowest BCUT2D eigenvalue weighted by atomic mass is 10.1. The van der Waals surface area contributed by atoms with Crippen LogP contribution in [-0.4, -0.2) is 45.3 Å². The Labute approximate surface area is 117 Å². The van der Waals surface area contributed by atoms with Gasteiger partial charge in [0.15, 0.2) is 5.96 Å². The fourth-order valence-electron chi connectivity index (χ4n) is 1.26. The third-order valence-electron chi connectivity index (χ3n) is 2.14. The molecule has 19 heavy (non-hydrogen) atoms. The molecule has 0 atom stereocenters. The number of sulfonamides is 1. The van der Waals surface area contributed by atoms with E-state index < -0.39 is 10.0 Å². The van der Waals surface area contributed by atoms with Gasteiger partial charge in [0.2, 0.25) is 10.0 Å². The van der Waals surface area contributed by atoms with Crippen LogP contribution in [0, 0.1) is 0 Å². The number of guanidine groups is 1. The summed E-state index contributed by atoms with van der Waals surface area (Å²) in [6.45, 7) is 11.6. The molecular weight excluding hydrogens is 264 g/mol. The standard InChI is InChI=1S/C12H28N4O2S/c1-6-13-11(16-12(3,4)5)14-9-8-10-15-19(17,18)7-2/h15H,6-10H2,1-5H3,(H2,13,14,16). The Morgan fingerprint density at radius 1 is 1.21 bits per heavy atom. The van der Waals surface area contributed by atoms with E-state index in [4.69, 9.17) is 0 Å². The van der Waals surface area contributed by atoms with E-state index >= 15 is 0 Å². The summed E-state index contributed by atoms with van der Waals surface area (Å²) in [5.74, 6) is 0.873. The average molecular weight is 292 g/mol. The molecule has 0 aliphatic heterocycles. The van der Waals surface area contributed by atoms with Crippen LogP contribution in [0.4, 0.5) is 0 Å². The molecule has 0 spiro atoms. The monoisotopic (exact) mass is 292 g/mol. The highest BCUT2D eigenvalue weighted by Gasteiger charge is 2.11. The molecule has 0 aromatic carbocycles. The predicted molar refractivity (Wildman–Crippen MR) is 80.9 cm³/mol. The van der Waals surface area contributed by atoms with Crippen LogP contribution in [0.1, 0.15) is 41.0 Å². The lowest BCUT2D eigenvalue weighted by Crippen LogP contribution is -2.47. The summed E-state index contributed by atoms with van der Waals surface area (Å²) in [5, 5.41) is 6.43. The van der Waals surface area contributed by atoms with E-state index in [1.807, 2.05) is 6.92 Å². The van der Waals surface area contributed by atoms with Gasteiger partial charge in [-0.2, -0.15) is 0 Å². The maximum atomic E-state index is 11.2. The zero-order chi connectivity index (χ0) is 14.9. The summed E-state index contributed by atoms with van der Waals surface area (Å²) >= 11 is 0. The largest absolute Gasteiger partial charge is 0.357 e. The Balaban J connectivity index is 4.12. The van der Waals surface area contributed by atoms with Crippen molar-refractivity contribution < 1.29 is 8.42 Å². The maximum Gasteiger partial charge on any atom is 0.211 e. The van der Waals surface area contributed by atoms with Crippen LogP contribution in [0.3, 0.4) is 0 Å². The van der Waals surface area contributed by atoms with Gasteiger partial charge in [-0.15, -0.1) is 0 Å². The topological polar surface area (TPSA) is 82.6 Å². The fourth-order valence-corrected chi connectivity index (χ4v) is 1.92. The summed E-state index contributed by atoms with van der Waals surface area (Å²) in [6.07, 6.45) is 0.681. The van der Waals surface area contributed by atoms with Gasteiger partial charge in [0, 0.05) is 25.2 Å². The van der Waals surface area contributed by atoms with Gasteiger partial charge in [0.05, 0.1) is 5.75 Å². The van der Waals surface area contributed by atoms with Gasteiger partial charge in [-0.05, 0) is 41.0 Å². The van der Waals surface area contributed by atoms with Crippen LogP contribution >= 0.6 is 0 Å². The lowest BCUT2D eigenvalue weighted by molar-refractivity contribution is 0.501. The Kier molecular flexibility index (Phi) is 8.01. The molecule has 7 heteroatoms. The molecule has 0 aromatic heterocycles. The number of hydrogen-bond acceptors (Lipinski definition) is 3. The van der Waals surface area contributed by atoms with Crippen molar-refractivity contribution in [3.63, 3.8) is 0 Å². The normalized spacial score (nSPS) is 13.4. The third kappa shape index (κ3) is 10.8. The van der Waals surface area contributed by atoms with Crippen molar-refractivity contribution in [2.45, 2.75) is 46.6 Å². The van der Waals surface area contributed by atoms with Crippen molar-refractivity contribution in [1.82, 2.24) is 15.4 Å². The van der Waals surface area contributed by atoms with Gasteiger partial charge in [-0.3, -0.25) is 4.99 Å². The highest BCUT2D eigenvalue weighted by atomic mass is 32.2. The van der Waals surface area contributed by atoms with Gasteiger partial charge in [-0.1, -0.05) is 0 Å². The number of rotatable bonds is 7. The lowest BCUT2D eigenvalue weighted by Gasteiger charge is -2.23. The van der Waals surface area contributed by atoms with Gasteiger partial charge in [-0.25, -0.2) is 13.1 Å². The molecule has 0 rings (SSSR count). The summed E-state index contributed by atoms with van der Waals surface area (Å²) in [7, 11) is -3.09. The van der Waals surface area contributed by atoms with Crippen molar-refractivity contribution in [2.75, 3.05) is 25.4 Å². The Bertz CT molecular complexity index is 372. The van der Waals surface area contributed by atoms with Crippen molar-refractivity contribution >= 4 is 16.0 Å². The molecule has 114 valence electrons. The fraction of sp³-hybridized carbons (Fsp3) is 0.917. The molecule has 0 aliphatic rings. The van der Waals surface area contributed by atoms with Gasteiger partial charge in [0.1, 0.15) is 0 Å². The van der Waals surface area contributed by atoms with E-state index in [1.54, 1.807) is 6.92 Å². The highest BCUT2D eigenvalue weighted by Crippen LogP contribution is 1.98. The van der Waals surface area contributed by atoms with Crippen LogP contribution in [0.15, 0.2) is 4.99 Å². The molecule has 0 saturated heterocycles. The zero-order valence-corrected chi connectivity index (χ0v) is 13.5. The molecule has 0 aromatic rings. The van der Waals surface area contributed by atoms with Crippen molar-refractivity contribution in [3.8, 4) is 0 Å². The predicted octanol–water partition coefficient (Wildman–Crippen LogP) is 0.669. The first-order valence-corrected chi connectivity index (χ1v) is 8.39. The molecule has 0 amide bonds. The Hall–Kier alpha value is -0.820. The second-order valence-corrected chi connectivity index (χ2v) is 7.38. The van der Waals surface area contributed by atoms with Gasteiger partial charge in [0.25, 0.3) is 0 Å². The van der Waals surface area contributed by atoms with Gasteiger partial charge >= 0.3 is 0 Å². The number of nitrogens with one attached hydrogen (secondary N) is 3. The first-order valence-electron chi connectivity index (χ1n) is 6.74. The van der Waals surface area contributed by atoms with E-state index in [-0.39, 0.29) is 11.3 Å². The molecule has 0 aliphatic carbocycles. The average Bonchev–Trinajstić information content (AvgIpc) is 2.26. The first-order chi connectivity index (χ1) is 8.70.